The van der Waals surface area contributed by atoms with Crippen LogP contribution < -0.4 is 4.74 Å². The van der Waals surface area contributed by atoms with Crippen molar-refractivity contribution in [2.45, 2.75) is 45.8 Å². The number of rotatable bonds is 7. The second-order valence-electron chi connectivity index (χ2n) is 9.32. The third-order valence-corrected chi connectivity index (χ3v) is 5.90. The van der Waals surface area contributed by atoms with E-state index in [0.717, 1.165) is 44.3 Å². The number of aromatic nitrogens is 4. The smallest absolute Gasteiger partial charge is 0.173 e. The van der Waals surface area contributed by atoms with Gasteiger partial charge in [0.25, 0.3) is 0 Å². The molecule has 0 unspecified atom stereocenters. The molecule has 4 rings (SSSR count). The van der Waals surface area contributed by atoms with Gasteiger partial charge in [-0.2, -0.15) is 0 Å². The van der Waals surface area contributed by atoms with Crippen LogP contribution in [0.3, 0.4) is 0 Å². The highest BCUT2D eigenvalue weighted by molar-refractivity contribution is 5.32. The standard InChI is InChI=1S/C25H34N6O/c1-5-32-22-13-11-21(12-14-22)23(24-26-27-28-31(24)25(2,3)4)30-17-15-29(16-18-30)19-20-9-7-6-8-10-20/h6-14,23H,5,15-19H2,1-4H3/t23-/m1/s1. The van der Waals surface area contributed by atoms with Crippen LogP contribution in [-0.4, -0.2) is 62.8 Å². The molecule has 0 aliphatic carbocycles. The lowest BCUT2D eigenvalue weighted by Crippen LogP contribution is -2.48. The molecule has 1 atom stereocenters. The summed E-state index contributed by atoms with van der Waals surface area (Å²) in [7, 11) is 0. The van der Waals surface area contributed by atoms with Crippen molar-refractivity contribution >= 4 is 0 Å². The predicted molar refractivity (Wildman–Crippen MR) is 126 cm³/mol. The number of hydrogen-bond acceptors (Lipinski definition) is 6. The van der Waals surface area contributed by atoms with Gasteiger partial charge in [-0.15, -0.1) is 5.10 Å². The number of ether oxygens (including phenoxy) is 1. The van der Waals surface area contributed by atoms with Crippen LogP contribution in [0.15, 0.2) is 54.6 Å². The second kappa shape index (κ2) is 9.79. The molecule has 32 heavy (non-hydrogen) atoms. The molecule has 0 amide bonds. The average molecular weight is 435 g/mol. The first-order chi connectivity index (χ1) is 15.5. The average Bonchev–Trinajstić information content (AvgIpc) is 3.27. The summed E-state index contributed by atoms with van der Waals surface area (Å²) in [5.41, 5.74) is 2.35. The molecule has 7 heteroatoms. The summed E-state index contributed by atoms with van der Waals surface area (Å²) in [6.45, 7) is 14.0. The Morgan fingerprint density at radius 3 is 2.25 bits per heavy atom. The predicted octanol–water partition coefficient (Wildman–Crippen LogP) is 3.73. The molecular formula is C25H34N6O. The zero-order chi connectivity index (χ0) is 22.6. The first-order valence-corrected chi connectivity index (χ1v) is 11.5. The second-order valence-corrected chi connectivity index (χ2v) is 9.32. The van der Waals surface area contributed by atoms with Gasteiger partial charge in [0, 0.05) is 32.7 Å². The molecule has 2 heterocycles. The van der Waals surface area contributed by atoms with Crippen LogP contribution >= 0.6 is 0 Å². The molecule has 1 saturated heterocycles. The summed E-state index contributed by atoms with van der Waals surface area (Å²) in [5.74, 6) is 1.77. The van der Waals surface area contributed by atoms with E-state index in [2.05, 4.69) is 88.6 Å². The first kappa shape index (κ1) is 22.4. The van der Waals surface area contributed by atoms with Gasteiger partial charge >= 0.3 is 0 Å². The van der Waals surface area contributed by atoms with Crippen molar-refractivity contribution in [3.8, 4) is 5.75 Å². The number of hydrogen-bond donors (Lipinski definition) is 0. The molecule has 1 fully saturated rings. The van der Waals surface area contributed by atoms with Gasteiger partial charge in [0.15, 0.2) is 5.82 Å². The van der Waals surface area contributed by atoms with Gasteiger partial charge in [0.05, 0.1) is 18.2 Å². The summed E-state index contributed by atoms with van der Waals surface area (Å²) >= 11 is 0. The number of nitrogens with zero attached hydrogens (tertiary/aromatic N) is 6. The fourth-order valence-electron chi connectivity index (χ4n) is 4.30. The molecule has 0 N–H and O–H groups in total. The van der Waals surface area contributed by atoms with E-state index in [0.29, 0.717) is 6.61 Å². The van der Waals surface area contributed by atoms with Crippen molar-refractivity contribution in [1.29, 1.82) is 0 Å². The monoisotopic (exact) mass is 434 g/mol. The minimum absolute atomic E-state index is 0.00113. The van der Waals surface area contributed by atoms with E-state index in [1.807, 2.05) is 23.7 Å². The lowest BCUT2D eigenvalue weighted by molar-refractivity contribution is 0.0979. The summed E-state index contributed by atoms with van der Waals surface area (Å²) in [6.07, 6.45) is 0. The molecule has 1 aliphatic heterocycles. The minimum atomic E-state index is -0.197. The normalized spacial score (nSPS) is 16.8. The summed E-state index contributed by atoms with van der Waals surface area (Å²) < 4.78 is 7.62. The van der Waals surface area contributed by atoms with Gasteiger partial charge in [0.2, 0.25) is 0 Å². The van der Waals surface area contributed by atoms with Crippen LogP contribution in [0.5, 0.6) is 5.75 Å². The van der Waals surface area contributed by atoms with Crippen molar-refractivity contribution in [2.75, 3.05) is 32.8 Å². The van der Waals surface area contributed by atoms with Crippen molar-refractivity contribution < 1.29 is 4.74 Å². The Labute approximate surface area is 191 Å². The van der Waals surface area contributed by atoms with Crippen molar-refractivity contribution in [2.24, 2.45) is 0 Å². The maximum atomic E-state index is 5.66. The largest absolute Gasteiger partial charge is 0.494 e. The van der Waals surface area contributed by atoms with E-state index >= 15 is 0 Å². The van der Waals surface area contributed by atoms with E-state index in [1.54, 1.807) is 0 Å². The van der Waals surface area contributed by atoms with E-state index in [-0.39, 0.29) is 11.6 Å². The zero-order valence-corrected chi connectivity index (χ0v) is 19.6. The van der Waals surface area contributed by atoms with E-state index in [9.17, 15) is 0 Å². The molecule has 0 spiro atoms. The Morgan fingerprint density at radius 2 is 1.62 bits per heavy atom. The molecule has 1 aliphatic rings. The third kappa shape index (κ3) is 5.16. The van der Waals surface area contributed by atoms with Crippen molar-refractivity contribution in [3.63, 3.8) is 0 Å². The highest BCUT2D eigenvalue weighted by Gasteiger charge is 2.33. The SMILES string of the molecule is CCOc1ccc([C@H](c2nnnn2C(C)(C)C)N2CCN(Cc3ccccc3)CC2)cc1. The lowest BCUT2D eigenvalue weighted by atomic mass is 10.0. The topological polar surface area (TPSA) is 59.3 Å². The van der Waals surface area contributed by atoms with E-state index < -0.39 is 0 Å². The van der Waals surface area contributed by atoms with Gasteiger partial charge in [-0.3, -0.25) is 9.80 Å². The molecule has 0 bridgehead atoms. The van der Waals surface area contributed by atoms with Crippen molar-refractivity contribution in [3.05, 3.63) is 71.5 Å². The fourth-order valence-corrected chi connectivity index (χ4v) is 4.30. The van der Waals surface area contributed by atoms with Crippen LogP contribution in [0.1, 0.15) is 50.7 Å². The number of piperazine rings is 1. The van der Waals surface area contributed by atoms with Crippen LogP contribution in [-0.2, 0) is 12.1 Å². The molecule has 0 saturated carbocycles. The molecule has 0 radical (unpaired) electrons. The van der Waals surface area contributed by atoms with Gasteiger partial charge in [0.1, 0.15) is 5.75 Å². The van der Waals surface area contributed by atoms with Crippen LogP contribution in [0.4, 0.5) is 0 Å². The molecule has 7 nitrogen and oxygen atoms in total. The molecule has 170 valence electrons. The maximum Gasteiger partial charge on any atom is 0.173 e. The fraction of sp³-hybridized carbons (Fsp3) is 0.480. The summed E-state index contributed by atoms with van der Waals surface area (Å²) in [5, 5.41) is 12.9. The van der Waals surface area contributed by atoms with E-state index in [1.165, 1.54) is 11.1 Å². The summed E-state index contributed by atoms with van der Waals surface area (Å²) in [6, 6.07) is 19.1. The van der Waals surface area contributed by atoms with E-state index in [4.69, 9.17) is 4.74 Å². The van der Waals surface area contributed by atoms with Gasteiger partial charge in [-0.05, 0) is 61.4 Å². The van der Waals surface area contributed by atoms with Crippen molar-refractivity contribution in [1.82, 2.24) is 30.0 Å². The first-order valence-electron chi connectivity index (χ1n) is 11.5. The highest BCUT2D eigenvalue weighted by atomic mass is 16.5. The minimum Gasteiger partial charge on any atom is -0.494 e. The Bertz CT molecular complexity index is 972. The van der Waals surface area contributed by atoms with Gasteiger partial charge < -0.3 is 4.74 Å². The Kier molecular flexibility index (Phi) is 6.86. The van der Waals surface area contributed by atoms with Crippen LogP contribution in [0.25, 0.3) is 0 Å². The zero-order valence-electron chi connectivity index (χ0n) is 19.6. The van der Waals surface area contributed by atoms with Gasteiger partial charge in [-0.1, -0.05) is 42.5 Å². The summed E-state index contributed by atoms with van der Waals surface area (Å²) in [4.78, 5) is 5.03. The molecule has 1 aromatic heterocycles. The molecular weight excluding hydrogens is 400 g/mol. The third-order valence-electron chi connectivity index (χ3n) is 5.90. The quantitative estimate of drug-likeness (QED) is 0.565. The maximum absolute atomic E-state index is 5.66. The van der Waals surface area contributed by atoms with Crippen LogP contribution in [0, 0.1) is 0 Å². The Morgan fingerprint density at radius 1 is 0.938 bits per heavy atom. The molecule has 3 aromatic rings. The highest BCUT2D eigenvalue weighted by Crippen LogP contribution is 2.31. The Hall–Kier alpha value is -2.77. The van der Waals surface area contributed by atoms with Gasteiger partial charge in [-0.25, -0.2) is 4.68 Å². The lowest BCUT2D eigenvalue weighted by Gasteiger charge is -2.39. The number of benzene rings is 2. The Balaban J connectivity index is 1.57. The molecule has 2 aromatic carbocycles. The van der Waals surface area contributed by atoms with Crippen LogP contribution in [0.2, 0.25) is 0 Å². The number of tetrazole rings is 1.